The molecule has 1 rings (SSSR count). The van der Waals surface area contributed by atoms with Gasteiger partial charge in [-0.05, 0) is 6.92 Å². The zero-order valence-electron chi connectivity index (χ0n) is 6.31. The van der Waals surface area contributed by atoms with Crippen LogP contribution in [0.4, 0.5) is 4.79 Å². The van der Waals surface area contributed by atoms with E-state index < -0.39 is 12.0 Å². The van der Waals surface area contributed by atoms with Crippen molar-refractivity contribution in [3.63, 3.8) is 0 Å². The molecule has 0 fully saturated rings. The molecule has 6 nitrogen and oxygen atoms in total. The number of aromatic carboxylic acids is 1. The molecule has 0 radical (unpaired) electrons. The van der Waals surface area contributed by atoms with E-state index in [1.54, 1.807) is 0 Å². The van der Waals surface area contributed by atoms with Crippen molar-refractivity contribution in [1.29, 1.82) is 0 Å². The van der Waals surface area contributed by atoms with E-state index >= 15 is 0 Å². The molecule has 0 aliphatic heterocycles. The summed E-state index contributed by atoms with van der Waals surface area (Å²) >= 11 is 0. The molecule has 1 heterocycles. The summed E-state index contributed by atoms with van der Waals surface area (Å²) in [6.45, 7) is 1.46. The first-order valence-corrected chi connectivity index (χ1v) is 3.11. The minimum Gasteiger partial charge on any atom is -0.478 e. The van der Waals surface area contributed by atoms with Gasteiger partial charge in [0.1, 0.15) is 5.56 Å². The van der Waals surface area contributed by atoms with Gasteiger partial charge in [-0.2, -0.15) is 9.78 Å². The second kappa shape index (κ2) is 2.65. The molecule has 0 atom stereocenters. The number of amides is 1. The Balaban J connectivity index is 3.22. The second-order valence-electron chi connectivity index (χ2n) is 2.20. The number of carboxylic acid groups (broad SMARTS) is 1. The summed E-state index contributed by atoms with van der Waals surface area (Å²) < 4.78 is 0.837. The van der Waals surface area contributed by atoms with Crippen LogP contribution in [-0.2, 0) is 0 Å². The molecule has 3 N–H and O–H groups in total. The van der Waals surface area contributed by atoms with E-state index in [9.17, 15) is 9.59 Å². The lowest BCUT2D eigenvalue weighted by molar-refractivity contribution is 0.0696. The highest BCUT2D eigenvalue weighted by Gasteiger charge is 2.14. The monoisotopic (exact) mass is 169 g/mol. The Morgan fingerprint density at radius 2 is 2.25 bits per heavy atom. The van der Waals surface area contributed by atoms with Gasteiger partial charge in [0, 0.05) is 0 Å². The Morgan fingerprint density at radius 1 is 1.67 bits per heavy atom. The first-order chi connectivity index (χ1) is 5.54. The highest BCUT2D eigenvalue weighted by molar-refractivity contribution is 5.90. The van der Waals surface area contributed by atoms with Crippen molar-refractivity contribution >= 4 is 12.0 Å². The van der Waals surface area contributed by atoms with Crippen molar-refractivity contribution in [1.82, 2.24) is 9.78 Å². The Kier molecular flexibility index (Phi) is 1.82. The number of aromatic nitrogens is 2. The Bertz CT molecular complexity index is 310. The summed E-state index contributed by atoms with van der Waals surface area (Å²) in [5.41, 5.74) is 5.11. The van der Waals surface area contributed by atoms with Crippen LogP contribution in [0.1, 0.15) is 16.1 Å². The SMILES string of the molecule is Cc1c(C(=O)O)cnn1C(N)=O. The van der Waals surface area contributed by atoms with Gasteiger partial charge in [0.25, 0.3) is 0 Å². The highest BCUT2D eigenvalue weighted by atomic mass is 16.4. The molecule has 0 saturated carbocycles. The highest BCUT2D eigenvalue weighted by Crippen LogP contribution is 2.05. The van der Waals surface area contributed by atoms with Gasteiger partial charge < -0.3 is 10.8 Å². The normalized spacial score (nSPS) is 9.75. The van der Waals surface area contributed by atoms with Crippen molar-refractivity contribution < 1.29 is 14.7 Å². The van der Waals surface area contributed by atoms with E-state index in [1.807, 2.05) is 0 Å². The summed E-state index contributed by atoms with van der Waals surface area (Å²) in [7, 11) is 0. The lowest BCUT2D eigenvalue weighted by atomic mass is 10.3. The van der Waals surface area contributed by atoms with Crippen LogP contribution in [-0.4, -0.2) is 26.9 Å². The van der Waals surface area contributed by atoms with Crippen LogP contribution in [0.2, 0.25) is 0 Å². The van der Waals surface area contributed by atoms with E-state index in [2.05, 4.69) is 5.10 Å². The molecule has 1 aromatic heterocycles. The summed E-state index contributed by atoms with van der Waals surface area (Å²) in [5.74, 6) is -1.13. The predicted molar refractivity (Wildman–Crippen MR) is 38.9 cm³/mol. The lowest BCUT2D eigenvalue weighted by Crippen LogP contribution is -2.22. The number of carbonyl (C=O) groups excluding carboxylic acids is 1. The first kappa shape index (κ1) is 8.25. The standard InChI is InChI=1S/C6H7N3O3/c1-3-4(5(10)11)2-8-9(3)6(7)12/h2H,1H3,(H2,7,12)(H,10,11). The van der Waals surface area contributed by atoms with E-state index in [-0.39, 0.29) is 11.3 Å². The Hall–Kier alpha value is -1.85. The molecule has 0 aliphatic carbocycles. The van der Waals surface area contributed by atoms with Gasteiger partial charge in [0.15, 0.2) is 0 Å². The predicted octanol–water partition coefficient (Wildman–Crippen LogP) is -0.183. The number of nitrogens with two attached hydrogens (primary N) is 1. The average molecular weight is 169 g/mol. The van der Waals surface area contributed by atoms with Gasteiger partial charge in [-0.1, -0.05) is 0 Å². The smallest absolute Gasteiger partial charge is 0.339 e. The maximum atomic E-state index is 10.6. The van der Waals surface area contributed by atoms with E-state index in [4.69, 9.17) is 10.8 Å². The molecule has 64 valence electrons. The van der Waals surface area contributed by atoms with Crippen LogP contribution >= 0.6 is 0 Å². The van der Waals surface area contributed by atoms with Crippen molar-refractivity contribution in [2.24, 2.45) is 5.73 Å². The van der Waals surface area contributed by atoms with Crippen LogP contribution in [0, 0.1) is 6.92 Å². The summed E-state index contributed by atoms with van der Waals surface area (Å²) in [4.78, 5) is 21.0. The number of rotatable bonds is 1. The third-order valence-corrected chi connectivity index (χ3v) is 1.45. The first-order valence-electron chi connectivity index (χ1n) is 3.11. The van der Waals surface area contributed by atoms with Crippen LogP contribution in [0.15, 0.2) is 6.20 Å². The molecule has 0 aliphatic rings. The number of carboxylic acids is 1. The van der Waals surface area contributed by atoms with Gasteiger partial charge in [-0.25, -0.2) is 9.59 Å². The Morgan fingerprint density at radius 3 is 2.50 bits per heavy atom. The quantitative estimate of drug-likeness (QED) is 0.609. The molecule has 0 unspecified atom stereocenters. The molecule has 1 amide bonds. The van der Waals surface area contributed by atoms with E-state index in [1.165, 1.54) is 6.92 Å². The molecule has 0 aromatic carbocycles. The molecule has 12 heavy (non-hydrogen) atoms. The third kappa shape index (κ3) is 1.14. The maximum Gasteiger partial charge on any atom is 0.339 e. The maximum absolute atomic E-state index is 10.6. The molecule has 0 bridgehead atoms. The van der Waals surface area contributed by atoms with Gasteiger partial charge >= 0.3 is 12.0 Å². The third-order valence-electron chi connectivity index (χ3n) is 1.45. The molecular formula is C6H7N3O3. The van der Waals surface area contributed by atoms with Crippen molar-refractivity contribution in [2.75, 3.05) is 0 Å². The van der Waals surface area contributed by atoms with Crippen molar-refractivity contribution in [2.45, 2.75) is 6.92 Å². The van der Waals surface area contributed by atoms with Gasteiger partial charge in [0.2, 0.25) is 0 Å². The van der Waals surface area contributed by atoms with Crippen LogP contribution in [0.3, 0.4) is 0 Å². The number of primary amides is 1. The van der Waals surface area contributed by atoms with Gasteiger partial charge in [-0.3, -0.25) is 0 Å². The van der Waals surface area contributed by atoms with Gasteiger partial charge in [-0.15, -0.1) is 0 Å². The zero-order valence-corrected chi connectivity index (χ0v) is 6.31. The molecule has 0 spiro atoms. The van der Waals surface area contributed by atoms with Gasteiger partial charge in [0.05, 0.1) is 11.9 Å². The fourth-order valence-electron chi connectivity index (χ4n) is 0.842. The number of carbonyl (C=O) groups is 2. The molecular weight excluding hydrogens is 162 g/mol. The second-order valence-corrected chi connectivity index (χ2v) is 2.20. The largest absolute Gasteiger partial charge is 0.478 e. The van der Waals surface area contributed by atoms with Crippen molar-refractivity contribution in [3.8, 4) is 0 Å². The summed E-state index contributed by atoms with van der Waals surface area (Å²) in [6, 6.07) is -0.792. The van der Waals surface area contributed by atoms with Crippen LogP contribution in [0.5, 0.6) is 0 Å². The van der Waals surface area contributed by atoms with E-state index in [0.29, 0.717) is 0 Å². The zero-order chi connectivity index (χ0) is 9.30. The summed E-state index contributed by atoms with van der Waals surface area (Å²) in [5, 5.41) is 12.1. The van der Waals surface area contributed by atoms with E-state index in [0.717, 1.165) is 10.9 Å². The number of nitrogens with zero attached hydrogens (tertiary/aromatic N) is 2. The minimum atomic E-state index is -1.13. The lowest BCUT2D eigenvalue weighted by Gasteiger charge is -1.96. The number of hydrogen-bond acceptors (Lipinski definition) is 3. The molecule has 1 aromatic rings. The van der Waals surface area contributed by atoms with Crippen LogP contribution < -0.4 is 5.73 Å². The van der Waals surface area contributed by atoms with Crippen LogP contribution in [0.25, 0.3) is 0 Å². The fraction of sp³-hybridized carbons (Fsp3) is 0.167. The molecule has 6 heteroatoms. The molecule has 0 saturated heterocycles. The summed E-state index contributed by atoms with van der Waals surface area (Å²) in [6.07, 6.45) is 1.09. The number of hydrogen-bond donors (Lipinski definition) is 2. The average Bonchev–Trinajstić information content (AvgIpc) is 2.30. The minimum absolute atomic E-state index is 0.0196. The van der Waals surface area contributed by atoms with Crippen molar-refractivity contribution in [3.05, 3.63) is 17.5 Å². The Labute approximate surface area is 67.6 Å². The topological polar surface area (TPSA) is 98.2 Å². The fourth-order valence-corrected chi connectivity index (χ4v) is 0.842.